The molecule has 0 spiro atoms. The number of nitrogens with one attached hydrogen (secondary N) is 2. The van der Waals surface area contributed by atoms with Crippen LogP contribution in [0.3, 0.4) is 0 Å². The number of carbonyl (C=O) groups is 1. The summed E-state index contributed by atoms with van der Waals surface area (Å²) in [5.41, 5.74) is 2.21. The Hall–Kier alpha value is -1.55. The number of carbonyl (C=O) groups excluding carboxylic acids is 1. The number of aryl methyl sites for hydroxylation is 1. The molecule has 0 fully saturated rings. The molecule has 4 nitrogen and oxygen atoms in total. The van der Waals surface area contributed by atoms with Crippen LogP contribution in [0.1, 0.15) is 24.0 Å². The number of anilines is 1. The fraction of sp³-hybridized carbons (Fsp3) is 0.462. The summed E-state index contributed by atoms with van der Waals surface area (Å²) in [6.45, 7) is 4.46. The lowest BCUT2D eigenvalue weighted by molar-refractivity contribution is -0.116. The highest BCUT2D eigenvalue weighted by Gasteiger charge is 2.08. The number of hydrogen-bond donors (Lipinski definition) is 3. The van der Waals surface area contributed by atoms with Gasteiger partial charge in [-0.25, -0.2) is 0 Å². The lowest BCUT2D eigenvalue weighted by atomic mass is 10.1. The highest BCUT2D eigenvalue weighted by atomic mass is 16.3. The fourth-order valence-corrected chi connectivity index (χ4v) is 1.61. The summed E-state index contributed by atoms with van der Waals surface area (Å²) in [4.78, 5) is 11.6. The quantitative estimate of drug-likeness (QED) is 0.685. The molecule has 1 aromatic carbocycles. The van der Waals surface area contributed by atoms with Crippen molar-refractivity contribution in [2.45, 2.75) is 26.7 Å². The van der Waals surface area contributed by atoms with Crippen molar-refractivity contribution in [2.24, 2.45) is 0 Å². The first-order chi connectivity index (χ1) is 8.06. The van der Waals surface area contributed by atoms with E-state index in [0.717, 1.165) is 18.5 Å². The third-order valence-electron chi connectivity index (χ3n) is 2.74. The van der Waals surface area contributed by atoms with Gasteiger partial charge in [-0.3, -0.25) is 4.79 Å². The Balaban J connectivity index is 2.63. The van der Waals surface area contributed by atoms with Gasteiger partial charge in [0.05, 0.1) is 0 Å². The van der Waals surface area contributed by atoms with Crippen molar-refractivity contribution in [2.75, 3.05) is 18.9 Å². The summed E-state index contributed by atoms with van der Waals surface area (Å²) in [5.74, 6) is 0.227. The number of benzene rings is 1. The molecule has 0 aliphatic carbocycles. The zero-order chi connectivity index (χ0) is 12.8. The second-order valence-corrected chi connectivity index (χ2v) is 4.16. The van der Waals surface area contributed by atoms with E-state index in [1.54, 1.807) is 13.0 Å². The maximum atomic E-state index is 11.6. The van der Waals surface area contributed by atoms with Gasteiger partial charge in [0.2, 0.25) is 5.91 Å². The largest absolute Gasteiger partial charge is 0.507 e. The van der Waals surface area contributed by atoms with Crippen molar-refractivity contribution in [1.82, 2.24) is 5.32 Å². The number of phenolic OH excluding ortho intramolecular Hbond substituents is 1. The Morgan fingerprint density at radius 3 is 2.71 bits per heavy atom. The van der Waals surface area contributed by atoms with Gasteiger partial charge in [0.1, 0.15) is 5.75 Å². The van der Waals surface area contributed by atoms with Crippen LogP contribution < -0.4 is 10.6 Å². The van der Waals surface area contributed by atoms with Gasteiger partial charge >= 0.3 is 0 Å². The maximum absolute atomic E-state index is 11.6. The van der Waals surface area contributed by atoms with Crippen LogP contribution in [0.5, 0.6) is 5.75 Å². The van der Waals surface area contributed by atoms with Crippen LogP contribution in [0.2, 0.25) is 0 Å². The average molecular weight is 236 g/mol. The predicted molar refractivity (Wildman–Crippen MR) is 69.4 cm³/mol. The molecule has 0 bridgehead atoms. The monoisotopic (exact) mass is 236 g/mol. The van der Waals surface area contributed by atoms with Gasteiger partial charge < -0.3 is 15.7 Å². The Bertz CT molecular complexity index is 403. The Labute approximate surface area is 102 Å². The molecule has 1 amide bonds. The molecule has 0 saturated heterocycles. The molecule has 1 aromatic rings. The van der Waals surface area contributed by atoms with E-state index in [9.17, 15) is 9.90 Å². The maximum Gasteiger partial charge on any atom is 0.224 e. The minimum atomic E-state index is -0.0217. The van der Waals surface area contributed by atoms with Crippen LogP contribution >= 0.6 is 0 Å². The topological polar surface area (TPSA) is 61.4 Å². The first-order valence-electron chi connectivity index (χ1n) is 5.80. The van der Waals surface area contributed by atoms with Crippen LogP contribution in [-0.2, 0) is 4.79 Å². The first-order valence-corrected chi connectivity index (χ1v) is 5.80. The summed E-state index contributed by atoms with van der Waals surface area (Å²) in [6.07, 6.45) is 1.29. The van der Waals surface area contributed by atoms with Crippen molar-refractivity contribution in [1.29, 1.82) is 0 Å². The number of aromatic hydroxyl groups is 1. The molecule has 0 unspecified atom stereocenters. The van der Waals surface area contributed by atoms with E-state index in [4.69, 9.17) is 0 Å². The van der Waals surface area contributed by atoms with Crippen molar-refractivity contribution in [3.63, 3.8) is 0 Å². The second-order valence-electron chi connectivity index (χ2n) is 4.16. The minimum Gasteiger partial charge on any atom is -0.507 e. The van der Waals surface area contributed by atoms with Gasteiger partial charge in [0, 0.05) is 17.7 Å². The molecule has 3 N–H and O–H groups in total. The van der Waals surface area contributed by atoms with E-state index in [2.05, 4.69) is 10.6 Å². The molecule has 0 atom stereocenters. The van der Waals surface area contributed by atoms with Crippen LogP contribution in [0.15, 0.2) is 12.1 Å². The van der Waals surface area contributed by atoms with Crippen molar-refractivity contribution < 1.29 is 9.90 Å². The molecule has 17 heavy (non-hydrogen) atoms. The Kier molecular flexibility index (Phi) is 4.97. The summed E-state index contributed by atoms with van der Waals surface area (Å²) in [6, 6.07) is 3.62. The molecular weight excluding hydrogens is 216 g/mol. The van der Waals surface area contributed by atoms with Crippen molar-refractivity contribution >= 4 is 11.6 Å². The van der Waals surface area contributed by atoms with Gasteiger partial charge in [-0.2, -0.15) is 0 Å². The normalized spacial score (nSPS) is 10.3. The third kappa shape index (κ3) is 3.75. The Morgan fingerprint density at radius 1 is 1.35 bits per heavy atom. The smallest absolute Gasteiger partial charge is 0.224 e. The molecule has 0 aliphatic rings. The van der Waals surface area contributed by atoms with Gasteiger partial charge in [-0.1, -0.05) is 6.07 Å². The standard InChI is InChI=1S/C13H20N2O2/c1-9-6-7-11(10(2)13(9)17)15-12(16)5-4-8-14-3/h6-7,14,17H,4-5,8H2,1-3H3,(H,15,16). The van der Waals surface area contributed by atoms with E-state index in [0.29, 0.717) is 17.7 Å². The number of hydrogen-bond acceptors (Lipinski definition) is 3. The fourth-order valence-electron chi connectivity index (χ4n) is 1.61. The molecule has 0 saturated carbocycles. The van der Waals surface area contributed by atoms with Crippen LogP contribution in [0.25, 0.3) is 0 Å². The van der Waals surface area contributed by atoms with E-state index in [1.807, 2.05) is 20.0 Å². The molecular formula is C13H20N2O2. The molecule has 0 aliphatic heterocycles. The zero-order valence-corrected chi connectivity index (χ0v) is 10.6. The highest BCUT2D eigenvalue weighted by Crippen LogP contribution is 2.28. The molecule has 4 heteroatoms. The molecule has 1 rings (SSSR count). The van der Waals surface area contributed by atoms with Crippen molar-refractivity contribution in [3.05, 3.63) is 23.3 Å². The zero-order valence-electron chi connectivity index (χ0n) is 10.6. The van der Waals surface area contributed by atoms with E-state index >= 15 is 0 Å². The summed E-state index contributed by atoms with van der Waals surface area (Å²) in [5, 5.41) is 15.6. The van der Waals surface area contributed by atoms with Crippen LogP contribution in [0, 0.1) is 13.8 Å². The van der Waals surface area contributed by atoms with Gasteiger partial charge in [0.25, 0.3) is 0 Å². The summed E-state index contributed by atoms with van der Waals surface area (Å²) >= 11 is 0. The predicted octanol–water partition coefficient (Wildman–Crippen LogP) is 1.95. The molecule has 0 heterocycles. The van der Waals surface area contributed by atoms with Gasteiger partial charge in [-0.05, 0) is 45.5 Å². The molecule has 94 valence electrons. The minimum absolute atomic E-state index is 0.0217. The van der Waals surface area contributed by atoms with Gasteiger partial charge in [-0.15, -0.1) is 0 Å². The first kappa shape index (κ1) is 13.5. The lowest BCUT2D eigenvalue weighted by Crippen LogP contribution is -2.15. The number of rotatable bonds is 5. The SMILES string of the molecule is CNCCCC(=O)Nc1ccc(C)c(O)c1C. The number of phenols is 1. The Morgan fingerprint density at radius 2 is 2.06 bits per heavy atom. The second kappa shape index (κ2) is 6.25. The van der Waals surface area contributed by atoms with Gasteiger partial charge in [0.15, 0.2) is 0 Å². The lowest BCUT2D eigenvalue weighted by Gasteiger charge is -2.11. The van der Waals surface area contributed by atoms with Crippen LogP contribution in [0.4, 0.5) is 5.69 Å². The third-order valence-corrected chi connectivity index (χ3v) is 2.74. The highest BCUT2D eigenvalue weighted by molar-refractivity contribution is 5.91. The summed E-state index contributed by atoms with van der Waals surface area (Å²) in [7, 11) is 1.86. The number of amides is 1. The van der Waals surface area contributed by atoms with E-state index in [-0.39, 0.29) is 11.7 Å². The van der Waals surface area contributed by atoms with Crippen molar-refractivity contribution in [3.8, 4) is 5.75 Å². The average Bonchev–Trinajstić information content (AvgIpc) is 2.30. The molecule has 0 aromatic heterocycles. The summed E-state index contributed by atoms with van der Waals surface area (Å²) < 4.78 is 0. The van der Waals surface area contributed by atoms with Crippen LogP contribution in [-0.4, -0.2) is 24.6 Å². The molecule has 0 radical (unpaired) electrons. The van der Waals surface area contributed by atoms with E-state index in [1.165, 1.54) is 0 Å². The van der Waals surface area contributed by atoms with E-state index < -0.39 is 0 Å².